The van der Waals surface area contributed by atoms with Gasteiger partial charge in [-0.05, 0) is 90.2 Å². The van der Waals surface area contributed by atoms with Gasteiger partial charge in [0.2, 0.25) is 5.79 Å². The van der Waals surface area contributed by atoms with Crippen LogP contribution in [0.5, 0.6) is 0 Å². The van der Waals surface area contributed by atoms with Crippen molar-refractivity contribution < 1.29 is 23.8 Å². The molecule has 0 aromatic rings. The third-order valence-corrected chi connectivity index (χ3v) is 6.34. The summed E-state index contributed by atoms with van der Waals surface area (Å²) in [4.78, 5) is 24.4. The van der Waals surface area contributed by atoms with Gasteiger partial charge < -0.3 is 14.2 Å². The molecule has 184 valence electrons. The van der Waals surface area contributed by atoms with E-state index in [-0.39, 0.29) is 23.9 Å². The highest BCUT2D eigenvalue weighted by molar-refractivity contribution is 5.96. The molecule has 5 nitrogen and oxygen atoms in total. The predicted molar refractivity (Wildman–Crippen MR) is 134 cm³/mol. The predicted octanol–water partition coefficient (Wildman–Crippen LogP) is 6.09. The van der Waals surface area contributed by atoms with Gasteiger partial charge in [0.25, 0.3) is 0 Å². The lowest BCUT2D eigenvalue weighted by molar-refractivity contribution is -0.223. The fourth-order valence-electron chi connectivity index (χ4n) is 4.72. The van der Waals surface area contributed by atoms with Gasteiger partial charge in [0.15, 0.2) is 5.78 Å². The summed E-state index contributed by atoms with van der Waals surface area (Å²) in [5, 5.41) is 0. The number of fused-ring (bicyclic) bond motifs is 1. The molecule has 0 bridgehead atoms. The molecule has 3 rings (SSSR count). The number of allylic oxidation sites excluding steroid dienone is 5. The number of ketones is 1. The molecular weight excluding hydrogens is 428 g/mol. The number of ether oxygens (including phenoxy) is 3. The average Bonchev–Trinajstić information content (AvgIpc) is 2.72. The third kappa shape index (κ3) is 6.77. The van der Waals surface area contributed by atoms with Gasteiger partial charge in [-0.1, -0.05) is 34.9 Å². The molecule has 0 N–H and O–H groups in total. The lowest BCUT2D eigenvalue weighted by Gasteiger charge is -2.45. The minimum atomic E-state index is -1.05. The largest absolute Gasteiger partial charge is 0.463 e. The summed E-state index contributed by atoms with van der Waals surface area (Å²) in [6.07, 6.45) is 16.2. The van der Waals surface area contributed by atoms with Crippen molar-refractivity contribution in [3.05, 3.63) is 70.4 Å². The van der Waals surface area contributed by atoms with Crippen LogP contribution in [0.1, 0.15) is 67.2 Å². The van der Waals surface area contributed by atoms with Crippen molar-refractivity contribution in [1.82, 2.24) is 0 Å². The van der Waals surface area contributed by atoms with E-state index in [4.69, 9.17) is 14.2 Å². The van der Waals surface area contributed by atoms with E-state index >= 15 is 0 Å². The van der Waals surface area contributed by atoms with E-state index in [1.54, 1.807) is 13.0 Å². The zero-order valence-electron chi connectivity index (χ0n) is 21.4. The lowest BCUT2D eigenvalue weighted by atomic mass is 9.78. The molecule has 3 aliphatic rings. The number of carbonyl (C=O) groups excluding carboxylic acids is 2. The Kier molecular flexibility index (Phi) is 8.67. The summed E-state index contributed by atoms with van der Waals surface area (Å²) >= 11 is 0. The number of Topliss-reactive ketones (excluding diaryl/α,β-unsaturated/α-hetero) is 1. The highest BCUT2D eigenvalue weighted by Crippen LogP contribution is 2.43. The smallest absolute Gasteiger partial charge is 0.330 e. The van der Waals surface area contributed by atoms with Gasteiger partial charge in [-0.3, -0.25) is 4.79 Å². The minimum absolute atomic E-state index is 0.0975. The third-order valence-electron chi connectivity index (χ3n) is 6.34. The van der Waals surface area contributed by atoms with Crippen LogP contribution in [0.15, 0.2) is 70.4 Å². The first-order valence-electron chi connectivity index (χ1n) is 12.2. The second kappa shape index (κ2) is 11.3. The number of rotatable bonds is 7. The lowest BCUT2D eigenvalue weighted by Crippen LogP contribution is -2.48. The minimum Gasteiger partial charge on any atom is -0.463 e. The van der Waals surface area contributed by atoms with E-state index in [0.717, 1.165) is 24.8 Å². The Balaban J connectivity index is 1.91. The maximum Gasteiger partial charge on any atom is 0.330 e. The molecule has 34 heavy (non-hydrogen) atoms. The van der Waals surface area contributed by atoms with Crippen LogP contribution in [0.25, 0.3) is 0 Å². The monoisotopic (exact) mass is 466 g/mol. The first kappa shape index (κ1) is 26.1. The quantitative estimate of drug-likeness (QED) is 0.258. The standard InChI is InChI=1S/C29H38O5/c1-7-32-28(31)12-11-23-18-29(34-27-15-22(6)26(30)16-25(23)27)17-21(5)14-24(33-29)13-20(4)10-8-9-19(2)3/h9,11-13,15,17-18,24-25,27H,7-8,10,14,16H2,1-6H3/b12-11+,20-13+/t24-,25-,27-,29+/m1/s1. The van der Waals surface area contributed by atoms with E-state index < -0.39 is 11.8 Å². The van der Waals surface area contributed by atoms with Crippen LogP contribution in [0.2, 0.25) is 0 Å². The summed E-state index contributed by atoms with van der Waals surface area (Å²) in [7, 11) is 0. The summed E-state index contributed by atoms with van der Waals surface area (Å²) in [5.74, 6) is -1.51. The molecule has 0 saturated carbocycles. The summed E-state index contributed by atoms with van der Waals surface area (Å²) in [6.45, 7) is 12.4. The number of hydrogen-bond acceptors (Lipinski definition) is 5. The zero-order valence-corrected chi connectivity index (χ0v) is 21.4. The molecule has 1 aliphatic carbocycles. The first-order valence-corrected chi connectivity index (χ1v) is 12.2. The Labute approximate surface area is 203 Å². The molecule has 2 aliphatic heterocycles. The molecule has 0 amide bonds. The molecular formula is C29H38O5. The van der Waals surface area contributed by atoms with Gasteiger partial charge in [-0.25, -0.2) is 4.79 Å². The molecule has 0 aromatic carbocycles. The maximum atomic E-state index is 12.4. The topological polar surface area (TPSA) is 61.8 Å². The van der Waals surface area contributed by atoms with Crippen LogP contribution in [-0.4, -0.2) is 36.4 Å². The number of esters is 1. The van der Waals surface area contributed by atoms with Crippen LogP contribution >= 0.6 is 0 Å². The van der Waals surface area contributed by atoms with Crippen molar-refractivity contribution in [2.75, 3.05) is 6.61 Å². The Morgan fingerprint density at radius 3 is 2.65 bits per heavy atom. The SMILES string of the molecule is CCOC(=O)/C=C/C1=C[C@]2(C=C(C)C[C@@H](/C=C(\C)CCC=C(C)C)O2)O[C@@H]2C=C(C)C(=O)C[C@H]12. The average molecular weight is 467 g/mol. The van der Waals surface area contributed by atoms with Crippen LogP contribution in [0.3, 0.4) is 0 Å². The van der Waals surface area contributed by atoms with Crippen LogP contribution in [-0.2, 0) is 23.8 Å². The van der Waals surface area contributed by atoms with E-state index in [1.165, 1.54) is 22.8 Å². The zero-order chi connectivity index (χ0) is 24.9. The Bertz CT molecular complexity index is 986. The van der Waals surface area contributed by atoms with Crippen LogP contribution < -0.4 is 0 Å². The van der Waals surface area contributed by atoms with Crippen molar-refractivity contribution in [2.24, 2.45) is 5.92 Å². The molecule has 0 aromatic heterocycles. The van der Waals surface area contributed by atoms with Crippen molar-refractivity contribution in [3.8, 4) is 0 Å². The Hall–Kier alpha value is -2.50. The van der Waals surface area contributed by atoms with Crippen LogP contribution in [0, 0.1) is 5.92 Å². The summed E-state index contributed by atoms with van der Waals surface area (Å²) < 4.78 is 18.1. The van der Waals surface area contributed by atoms with Gasteiger partial charge in [0.05, 0.1) is 18.8 Å². The molecule has 1 spiro atoms. The second-order valence-electron chi connectivity index (χ2n) is 9.80. The first-order chi connectivity index (χ1) is 16.1. The number of hydrogen-bond donors (Lipinski definition) is 0. The van der Waals surface area contributed by atoms with Crippen molar-refractivity contribution in [1.29, 1.82) is 0 Å². The normalized spacial score (nSPS) is 29.4. The van der Waals surface area contributed by atoms with E-state index in [1.807, 2.05) is 25.2 Å². The molecule has 2 heterocycles. The fourth-order valence-corrected chi connectivity index (χ4v) is 4.72. The van der Waals surface area contributed by atoms with Crippen molar-refractivity contribution in [2.45, 2.75) is 85.2 Å². The Morgan fingerprint density at radius 2 is 1.94 bits per heavy atom. The molecule has 0 unspecified atom stereocenters. The van der Waals surface area contributed by atoms with Crippen molar-refractivity contribution >= 4 is 11.8 Å². The molecule has 0 radical (unpaired) electrons. The molecule has 0 fully saturated rings. The highest BCUT2D eigenvalue weighted by Gasteiger charge is 2.45. The van der Waals surface area contributed by atoms with Gasteiger partial charge in [-0.15, -0.1) is 0 Å². The maximum absolute atomic E-state index is 12.4. The number of carbonyl (C=O) groups is 2. The fraction of sp³-hybridized carbons (Fsp3) is 0.517. The summed E-state index contributed by atoms with van der Waals surface area (Å²) in [5.41, 5.74) is 5.35. The van der Waals surface area contributed by atoms with Gasteiger partial charge in [-0.2, -0.15) is 0 Å². The van der Waals surface area contributed by atoms with Crippen LogP contribution in [0.4, 0.5) is 0 Å². The highest BCUT2D eigenvalue weighted by atomic mass is 16.7. The van der Waals surface area contributed by atoms with E-state index in [2.05, 4.69) is 39.8 Å². The van der Waals surface area contributed by atoms with E-state index in [9.17, 15) is 9.59 Å². The molecule has 0 saturated heterocycles. The molecule has 4 atom stereocenters. The van der Waals surface area contributed by atoms with Crippen molar-refractivity contribution in [3.63, 3.8) is 0 Å². The summed E-state index contributed by atoms with van der Waals surface area (Å²) in [6, 6.07) is 0. The second-order valence-corrected chi connectivity index (χ2v) is 9.80. The van der Waals surface area contributed by atoms with E-state index in [0.29, 0.717) is 18.6 Å². The van der Waals surface area contributed by atoms with Gasteiger partial charge in [0, 0.05) is 18.4 Å². The van der Waals surface area contributed by atoms with Gasteiger partial charge in [0.1, 0.15) is 0 Å². The van der Waals surface area contributed by atoms with Gasteiger partial charge >= 0.3 is 5.97 Å². The molecule has 5 heteroatoms. The Morgan fingerprint density at radius 1 is 1.18 bits per heavy atom.